The number of hydrogen-bond donors (Lipinski definition) is 1. The van der Waals surface area contributed by atoms with E-state index in [0.29, 0.717) is 17.1 Å². The molecule has 0 bridgehead atoms. The molecule has 104 valence electrons. The lowest BCUT2D eigenvalue weighted by Crippen LogP contribution is -2.18. The summed E-state index contributed by atoms with van der Waals surface area (Å²) >= 11 is 5.90. The maximum Gasteiger partial charge on any atom is 0.273 e. The minimum Gasteiger partial charge on any atom is -0.306 e. The van der Waals surface area contributed by atoms with Gasteiger partial charge in [-0.05, 0) is 36.8 Å². The Morgan fingerprint density at radius 3 is 2.70 bits per heavy atom. The Labute approximate surface area is 121 Å². The van der Waals surface area contributed by atoms with Crippen LogP contribution in [0, 0.1) is 10.1 Å². The molecule has 0 aliphatic carbocycles. The molecule has 6 heteroatoms. The van der Waals surface area contributed by atoms with E-state index in [1.165, 1.54) is 12.1 Å². The van der Waals surface area contributed by atoms with E-state index in [0.717, 1.165) is 5.56 Å². The monoisotopic (exact) mass is 291 g/mol. The number of halogens is 1. The lowest BCUT2D eigenvalue weighted by molar-refractivity contribution is -0.385. The van der Waals surface area contributed by atoms with Crippen molar-refractivity contribution in [3.8, 4) is 0 Å². The van der Waals surface area contributed by atoms with E-state index in [9.17, 15) is 10.1 Å². The van der Waals surface area contributed by atoms with Gasteiger partial charge >= 0.3 is 0 Å². The highest BCUT2D eigenvalue weighted by Gasteiger charge is 2.14. The maximum atomic E-state index is 11.0. The van der Waals surface area contributed by atoms with Crippen LogP contribution in [-0.4, -0.2) is 9.91 Å². The minimum absolute atomic E-state index is 0.0663. The number of aromatic nitrogens is 1. The first-order chi connectivity index (χ1) is 9.58. The summed E-state index contributed by atoms with van der Waals surface area (Å²) in [6, 6.07) is 8.45. The standard InChI is InChI=1S/C14H14ClN3O2/c1-10(11-4-6-16-7-5-11)17-9-12-8-13(15)2-3-14(12)18(19)20/h2-8,10,17H,9H2,1H3. The second-order valence-electron chi connectivity index (χ2n) is 4.41. The first-order valence-electron chi connectivity index (χ1n) is 6.14. The zero-order valence-corrected chi connectivity index (χ0v) is 11.7. The molecule has 1 aromatic heterocycles. The van der Waals surface area contributed by atoms with Crippen LogP contribution in [0.4, 0.5) is 5.69 Å². The summed E-state index contributed by atoms with van der Waals surface area (Å²) in [5.41, 5.74) is 1.72. The molecule has 0 radical (unpaired) electrons. The summed E-state index contributed by atoms with van der Waals surface area (Å²) in [6.45, 7) is 2.37. The van der Waals surface area contributed by atoms with E-state index in [1.807, 2.05) is 19.1 Å². The second kappa shape index (κ2) is 6.45. The quantitative estimate of drug-likeness (QED) is 0.676. The second-order valence-corrected chi connectivity index (χ2v) is 4.85. The molecule has 20 heavy (non-hydrogen) atoms. The molecule has 1 N–H and O–H groups in total. The topological polar surface area (TPSA) is 68.1 Å². The summed E-state index contributed by atoms with van der Waals surface area (Å²) in [5, 5.41) is 14.7. The van der Waals surface area contributed by atoms with Gasteiger partial charge in [0.05, 0.1) is 4.92 Å². The normalized spacial score (nSPS) is 12.1. The van der Waals surface area contributed by atoms with Gasteiger partial charge in [-0.3, -0.25) is 15.1 Å². The van der Waals surface area contributed by atoms with E-state index in [1.54, 1.807) is 18.5 Å². The van der Waals surface area contributed by atoms with Gasteiger partial charge in [0.25, 0.3) is 5.69 Å². The van der Waals surface area contributed by atoms with Crippen molar-refractivity contribution in [3.63, 3.8) is 0 Å². The largest absolute Gasteiger partial charge is 0.306 e. The molecule has 0 spiro atoms. The van der Waals surface area contributed by atoms with Crippen LogP contribution in [0.25, 0.3) is 0 Å². The van der Waals surface area contributed by atoms with Gasteiger partial charge in [-0.15, -0.1) is 0 Å². The van der Waals surface area contributed by atoms with Crippen LogP contribution < -0.4 is 5.32 Å². The van der Waals surface area contributed by atoms with Crippen LogP contribution in [0.5, 0.6) is 0 Å². The minimum atomic E-state index is -0.398. The highest BCUT2D eigenvalue weighted by Crippen LogP contribution is 2.23. The van der Waals surface area contributed by atoms with Gasteiger partial charge < -0.3 is 5.32 Å². The van der Waals surface area contributed by atoms with Crippen molar-refractivity contribution in [2.75, 3.05) is 0 Å². The van der Waals surface area contributed by atoms with Crippen molar-refractivity contribution in [1.29, 1.82) is 0 Å². The van der Waals surface area contributed by atoms with E-state index in [-0.39, 0.29) is 11.7 Å². The Kier molecular flexibility index (Phi) is 4.65. The van der Waals surface area contributed by atoms with Gasteiger partial charge in [-0.1, -0.05) is 11.6 Å². The number of nitro benzene ring substituents is 1. The number of nitro groups is 1. The molecule has 1 atom stereocenters. The van der Waals surface area contributed by atoms with Gasteiger partial charge in [0.1, 0.15) is 0 Å². The molecule has 2 rings (SSSR count). The molecule has 0 fully saturated rings. The molecule has 2 aromatic rings. The lowest BCUT2D eigenvalue weighted by atomic mass is 10.1. The Bertz CT molecular complexity index is 605. The third-order valence-electron chi connectivity index (χ3n) is 3.04. The molecule has 0 saturated heterocycles. The molecule has 0 aliphatic heterocycles. The molecule has 0 aliphatic rings. The molecule has 5 nitrogen and oxygen atoms in total. The van der Waals surface area contributed by atoms with Gasteiger partial charge in [0, 0.05) is 41.6 Å². The Balaban J connectivity index is 2.11. The first kappa shape index (κ1) is 14.4. The van der Waals surface area contributed by atoms with Gasteiger partial charge in [0.2, 0.25) is 0 Å². The molecule has 0 amide bonds. The number of pyridine rings is 1. The highest BCUT2D eigenvalue weighted by molar-refractivity contribution is 6.30. The van der Waals surface area contributed by atoms with Gasteiger partial charge in [-0.2, -0.15) is 0 Å². The lowest BCUT2D eigenvalue weighted by Gasteiger charge is -2.14. The third-order valence-corrected chi connectivity index (χ3v) is 3.28. The molecule has 0 saturated carbocycles. The van der Waals surface area contributed by atoms with Crippen molar-refractivity contribution >= 4 is 17.3 Å². The zero-order chi connectivity index (χ0) is 14.5. The average molecular weight is 292 g/mol. The van der Waals surface area contributed by atoms with E-state index in [2.05, 4.69) is 10.3 Å². The van der Waals surface area contributed by atoms with Crippen LogP contribution in [0.1, 0.15) is 24.1 Å². The third kappa shape index (κ3) is 3.53. The fraction of sp³-hybridized carbons (Fsp3) is 0.214. The Morgan fingerprint density at radius 2 is 2.05 bits per heavy atom. The van der Waals surface area contributed by atoms with Gasteiger partial charge in [0.15, 0.2) is 0 Å². The van der Waals surface area contributed by atoms with Crippen molar-refractivity contribution < 1.29 is 4.92 Å². The van der Waals surface area contributed by atoms with E-state index >= 15 is 0 Å². The maximum absolute atomic E-state index is 11.0. The Hall–Kier alpha value is -1.98. The summed E-state index contributed by atoms with van der Waals surface area (Å²) in [7, 11) is 0. The fourth-order valence-electron chi connectivity index (χ4n) is 1.91. The summed E-state index contributed by atoms with van der Waals surface area (Å²) in [5.74, 6) is 0. The van der Waals surface area contributed by atoms with Crippen LogP contribution in [0.15, 0.2) is 42.7 Å². The molecular formula is C14H14ClN3O2. The van der Waals surface area contributed by atoms with Crippen LogP contribution in [-0.2, 0) is 6.54 Å². The zero-order valence-electron chi connectivity index (χ0n) is 10.9. The molecular weight excluding hydrogens is 278 g/mol. The highest BCUT2D eigenvalue weighted by atomic mass is 35.5. The van der Waals surface area contributed by atoms with Crippen molar-refractivity contribution in [2.45, 2.75) is 19.5 Å². The number of rotatable bonds is 5. The van der Waals surface area contributed by atoms with E-state index < -0.39 is 4.92 Å². The Morgan fingerprint density at radius 1 is 1.35 bits per heavy atom. The fourth-order valence-corrected chi connectivity index (χ4v) is 2.10. The smallest absolute Gasteiger partial charge is 0.273 e. The number of hydrogen-bond acceptors (Lipinski definition) is 4. The predicted molar refractivity (Wildman–Crippen MR) is 77.6 cm³/mol. The predicted octanol–water partition coefficient (Wildman–Crippen LogP) is 3.49. The summed E-state index contributed by atoms with van der Waals surface area (Å²) < 4.78 is 0. The number of nitrogens with zero attached hydrogens (tertiary/aromatic N) is 2. The van der Waals surface area contributed by atoms with Crippen molar-refractivity contribution in [1.82, 2.24) is 10.3 Å². The molecule has 1 heterocycles. The van der Waals surface area contributed by atoms with Crippen LogP contribution in [0.3, 0.4) is 0 Å². The summed E-state index contributed by atoms with van der Waals surface area (Å²) in [6.07, 6.45) is 3.44. The summed E-state index contributed by atoms with van der Waals surface area (Å²) in [4.78, 5) is 14.5. The van der Waals surface area contributed by atoms with Crippen molar-refractivity contribution in [3.05, 3.63) is 69.0 Å². The van der Waals surface area contributed by atoms with Gasteiger partial charge in [-0.25, -0.2) is 0 Å². The first-order valence-corrected chi connectivity index (χ1v) is 6.52. The number of nitrogens with one attached hydrogen (secondary N) is 1. The number of benzene rings is 1. The molecule has 1 unspecified atom stereocenters. The van der Waals surface area contributed by atoms with E-state index in [4.69, 9.17) is 11.6 Å². The van der Waals surface area contributed by atoms with Crippen LogP contribution in [0.2, 0.25) is 5.02 Å². The van der Waals surface area contributed by atoms with Crippen molar-refractivity contribution in [2.24, 2.45) is 0 Å². The van der Waals surface area contributed by atoms with Crippen LogP contribution >= 0.6 is 11.6 Å². The SMILES string of the molecule is CC(NCc1cc(Cl)ccc1[N+](=O)[O-])c1ccncc1. The molecule has 1 aromatic carbocycles. The average Bonchev–Trinajstić information content (AvgIpc) is 2.45.